The van der Waals surface area contributed by atoms with Crippen molar-refractivity contribution in [1.29, 1.82) is 0 Å². The third-order valence-corrected chi connectivity index (χ3v) is 6.08. The van der Waals surface area contributed by atoms with Gasteiger partial charge in [0.2, 0.25) is 11.7 Å². The second kappa shape index (κ2) is 6.48. The maximum atomic E-state index is 13.1. The number of hydrogen-bond acceptors (Lipinski definition) is 5. The Balaban J connectivity index is 1.19. The van der Waals surface area contributed by atoms with Gasteiger partial charge in [0.15, 0.2) is 5.82 Å². The van der Waals surface area contributed by atoms with Gasteiger partial charge in [-0.2, -0.15) is 10.1 Å². The zero-order valence-electron chi connectivity index (χ0n) is 17.3. The Morgan fingerprint density at radius 1 is 1.20 bits per heavy atom. The Kier molecular flexibility index (Phi) is 4.10. The van der Waals surface area contributed by atoms with Crippen molar-refractivity contribution in [3.05, 3.63) is 53.9 Å². The fourth-order valence-electron chi connectivity index (χ4n) is 4.40. The van der Waals surface area contributed by atoms with Crippen molar-refractivity contribution in [3.8, 4) is 11.4 Å². The summed E-state index contributed by atoms with van der Waals surface area (Å²) in [5, 5.41) is 8.10. The molecule has 3 heterocycles. The highest BCUT2D eigenvalue weighted by molar-refractivity contribution is 5.95. The first-order valence-corrected chi connectivity index (χ1v) is 10.2. The van der Waals surface area contributed by atoms with Crippen LogP contribution in [-0.4, -0.2) is 43.8 Å². The van der Waals surface area contributed by atoms with Crippen molar-refractivity contribution < 1.29 is 13.7 Å². The summed E-state index contributed by atoms with van der Waals surface area (Å²) in [5.41, 5.74) is 1.43. The largest absolute Gasteiger partial charge is 0.338 e. The molecule has 1 aliphatic heterocycles. The smallest absolute Gasteiger partial charge is 0.253 e. The van der Waals surface area contributed by atoms with Crippen LogP contribution in [0, 0.1) is 11.2 Å². The molecule has 1 aliphatic carbocycles. The molecule has 156 valence electrons. The number of hydrogen-bond donors (Lipinski definition) is 0. The van der Waals surface area contributed by atoms with Crippen molar-refractivity contribution >= 4 is 5.91 Å². The highest BCUT2D eigenvalue weighted by Gasteiger charge is 2.54. The first-order valence-electron chi connectivity index (χ1n) is 10.2. The number of aromatic nitrogens is 4. The molecule has 2 aromatic heterocycles. The van der Waals surface area contributed by atoms with E-state index in [1.165, 1.54) is 12.4 Å². The Labute approximate surface area is 173 Å². The molecule has 0 atom stereocenters. The average Bonchev–Trinajstić information content (AvgIpc) is 3.28. The van der Waals surface area contributed by atoms with Gasteiger partial charge in [-0.1, -0.05) is 38.1 Å². The van der Waals surface area contributed by atoms with Gasteiger partial charge in [-0.3, -0.25) is 9.48 Å². The summed E-state index contributed by atoms with van der Waals surface area (Å²) in [5.74, 6) is 0.835. The summed E-state index contributed by atoms with van der Waals surface area (Å²) < 4.78 is 20.2. The van der Waals surface area contributed by atoms with Crippen LogP contribution < -0.4 is 0 Å². The number of rotatable bonds is 3. The molecule has 1 amide bonds. The van der Waals surface area contributed by atoms with E-state index in [0.717, 1.165) is 31.5 Å². The van der Waals surface area contributed by atoms with E-state index in [2.05, 4.69) is 15.2 Å². The van der Waals surface area contributed by atoms with Gasteiger partial charge in [-0.25, -0.2) is 4.39 Å². The molecule has 1 saturated heterocycles. The third kappa shape index (κ3) is 3.20. The van der Waals surface area contributed by atoms with Gasteiger partial charge < -0.3 is 9.42 Å². The predicted molar refractivity (Wildman–Crippen MR) is 107 cm³/mol. The highest BCUT2D eigenvalue weighted by atomic mass is 19.1. The van der Waals surface area contributed by atoms with Crippen LogP contribution in [0.4, 0.5) is 4.39 Å². The minimum absolute atomic E-state index is 0.0317. The second-order valence-electron chi connectivity index (χ2n) is 9.61. The molecular formula is C22H24FN5O2. The standard InChI is InChI=1S/C22H24FN5O2/c1-21(2,3)20-25-18(26-30-20)14-4-6-15(7-5-14)19(29)27-12-22(13-27)8-17(9-22)28-11-16(23)10-24-28/h4-7,10-11,17H,8-9,12-13H2,1-3H3. The van der Waals surface area contributed by atoms with Crippen molar-refractivity contribution in [1.82, 2.24) is 24.8 Å². The molecule has 1 aromatic carbocycles. The molecule has 1 saturated carbocycles. The van der Waals surface area contributed by atoms with Gasteiger partial charge in [0.1, 0.15) is 0 Å². The topological polar surface area (TPSA) is 77.1 Å². The molecule has 0 radical (unpaired) electrons. The number of amides is 1. The van der Waals surface area contributed by atoms with E-state index in [1.54, 1.807) is 4.68 Å². The predicted octanol–water partition coefficient (Wildman–Crippen LogP) is 3.85. The number of halogens is 1. The molecule has 30 heavy (non-hydrogen) atoms. The zero-order valence-corrected chi connectivity index (χ0v) is 17.3. The SMILES string of the molecule is CC(C)(C)c1nc(-c2ccc(C(=O)N3CC4(CC(n5cc(F)cn5)C4)C3)cc2)no1. The highest BCUT2D eigenvalue weighted by Crippen LogP contribution is 2.54. The van der Waals surface area contributed by atoms with Crippen LogP contribution in [0.2, 0.25) is 0 Å². The van der Waals surface area contributed by atoms with E-state index in [0.29, 0.717) is 17.3 Å². The molecule has 0 unspecified atom stereocenters. The van der Waals surface area contributed by atoms with Crippen molar-refractivity contribution in [3.63, 3.8) is 0 Å². The summed E-state index contributed by atoms with van der Waals surface area (Å²) in [4.78, 5) is 19.1. The quantitative estimate of drug-likeness (QED) is 0.657. The minimum Gasteiger partial charge on any atom is -0.338 e. The van der Waals surface area contributed by atoms with Crippen LogP contribution in [0.25, 0.3) is 11.4 Å². The molecule has 2 aliphatic rings. The van der Waals surface area contributed by atoms with E-state index in [4.69, 9.17) is 4.52 Å². The molecule has 8 heteroatoms. The van der Waals surface area contributed by atoms with Crippen molar-refractivity contribution in [2.24, 2.45) is 5.41 Å². The molecule has 5 rings (SSSR count). The average molecular weight is 409 g/mol. The Morgan fingerprint density at radius 2 is 1.90 bits per heavy atom. The van der Waals surface area contributed by atoms with Crippen LogP contribution in [-0.2, 0) is 5.41 Å². The Morgan fingerprint density at radius 3 is 2.47 bits per heavy atom. The minimum atomic E-state index is -0.305. The summed E-state index contributed by atoms with van der Waals surface area (Å²) in [7, 11) is 0. The van der Waals surface area contributed by atoms with Gasteiger partial charge in [-0.05, 0) is 25.0 Å². The molecular weight excluding hydrogens is 385 g/mol. The van der Waals surface area contributed by atoms with Crippen LogP contribution in [0.15, 0.2) is 41.2 Å². The zero-order chi connectivity index (χ0) is 21.1. The fraction of sp³-hybridized carbons (Fsp3) is 0.455. The normalized spacial score (nSPS) is 18.3. The van der Waals surface area contributed by atoms with Crippen LogP contribution in [0.3, 0.4) is 0 Å². The van der Waals surface area contributed by atoms with Gasteiger partial charge in [-0.15, -0.1) is 0 Å². The molecule has 0 N–H and O–H groups in total. The van der Waals surface area contributed by atoms with E-state index in [9.17, 15) is 9.18 Å². The van der Waals surface area contributed by atoms with E-state index in [-0.39, 0.29) is 28.6 Å². The summed E-state index contributed by atoms with van der Waals surface area (Å²) in [6.07, 6.45) is 4.55. The lowest BCUT2D eigenvalue weighted by Crippen LogP contribution is -2.63. The third-order valence-electron chi connectivity index (χ3n) is 6.08. The van der Waals surface area contributed by atoms with Crippen molar-refractivity contribution in [2.45, 2.75) is 45.1 Å². The number of nitrogens with zero attached hydrogens (tertiary/aromatic N) is 5. The van der Waals surface area contributed by atoms with E-state index < -0.39 is 0 Å². The molecule has 1 spiro atoms. The van der Waals surface area contributed by atoms with Gasteiger partial charge in [0.25, 0.3) is 5.91 Å². The number of likely N-dealkylation sites (tertiary alicyclic amines) is 1. The number of benzene rings is 1. The maximum absolute atomic E-state index is 13.1. The molecule has 7 nitrogen and oxygen atoms in total. The monoisotopic (exact) mass is 409 g/mol. The summed E-state index contributed by atoms with van der Waals surface area (Å²) in [6.45, 7) is 7.54. The van der Waals surface area contributed by atoms with Crippen LogP contribution >= 0.6 is 0 Å². The molecule has 0 bridgehead atoms. The van der Waals surface area contributed by atoms with Crippen molar-refractivity contribution in [2.75, 3.05) is 13.1 Å². The molecule has 3 aromatic rings. The Bertz CT molecular complexity index is 1080. The van der Waals surface area contributed by atoms with Crippen LogP contribution in [0.1, 0.15) is 55.9 Å². The lowest BCUT2D eigenvalue weighted by Gasteiger charge is -2.58. The van der Waals surface area contributed by atoms with Gasteiger partial charge in [0.05, 0.1) is 18.4 Å². The fourth-order valence-corrected chi connectivity index (χ4v) is 4.40. The maximum Gasteiger partial charge on any atom is 0.253 e. The Hall–Kier alpha value is -3.03. The lowest BCUT2D eigenvalue weighted by atomic mass is 9.60. The first kappa shape index (κ1) is 19.0. The van der Waals surface area contributed by atoms with Crippen LogP contribution in [0.5, 0.6) is 0 Å². The first-order chi connectivity index (χ1) is 14.2. The molecule has 2 fully saturated rings. The summed E-state index contributed by atoms with van der Waals surface area (Å²) >= 11 is 0. The van der Waals surface area contributed by atoms with E-state index >= 15 is 0 Å². The number of carbonyl (C=O) groups excluding carboxylic acids is 1. The number of carbonyl (C=O) groups is 1. The van der Waals surface area contributed by atoms with E-state index in [1.807, 2.05) is 49.9 Å². The second-order valence-corrected chi connectivity index (χ2v) is 9.61. The van der Waals surface area contributed by atoms with Gasteiger partial charge in [0, 0.05) is 35.0 Å². The van der Waals surface area contributed by atoms with Gasteiger partial charge >= 0.3 is 0 Å². The lowest BCUT2D eigenvalue weighted by molar-refractivity contribution is -0.0738. The summed E-state index contributed by atoms with van der Waals surface area (Å²) in [6, 6.07) is 7.56.